The van der Waals surface area contributed by atoms with E-state index in [1.807, 2.05) is 0 Å². The van der Waals surface area contributed by atoms with Crippen LogP contribution in [0.5, 0.6) is 0 Å². The van der Waals surface area contributed by atoms with Gasteiger partial charge in [0.2, 0.25) is 0 Å². The standard InChI is InChI=1S/C11H4BF12N/c12-5-2-3(7(13,9(16,17)18)10(19,20)21)1-4(6(5)25)8(14,15)11(22,23)24/h1-2H,25H2. The molecule has 0 spiro atoms. The van der Waals surface area contributed by atoms with Gasteiger partial charge < -0.3 is 5.73 Å². The molecule has 0 saturated heterocycles. The summed E-state index contributed by atoms with van der Waals surface area (Å²) >= 11 is 0. The van der Waals surface area contributed by atoms with Gasteiger partial charge in [0, 0.05) is 11.3 Å². The van der Waals surface area contributed by atoms with E-state index in [-0.39, 0.29) is 0 Å². The van der Waals surface area contributed by atoms with Gasteiger partial charge in [-0.25, -0.2) is 4.39 Å². The lowest BCUT2D eigenvalue weighted by Crippen LogP contribution is -2.51. The second-order valence-corrected chi connectivity index (χ2v) is 4.75. The van der Waals surface area contributed by atoms with Crippen LogP contribution in [0.4, 0.5) is 58.4 Å². The van der Waals surface area contributed by atoms with Crippen LogP contribution in [0.2, 0.25) is 0 Å². The molecule has 1 rings (SSSR count). The molecule has 0 unspecified atom stereocenters. The van der Waals surface area contributed by atoms with E-state index in [2.05, 4.69) is 0 Å². The second kappa shape index (κ2) is 5.63. The van der Waals surface area contributed by atoms with Crippen molar-refractivity contribution in [1.82, 2.24) is 0 Å². The Balaban J connectivity index is 3.87. The maximum atomic E-state index is 13.8. The third-order valence-electron chi connectivity index (χ3n) is 3.09. The minimum absolute atomic E-state index is 0.410. The van der Waals surface area contributed by atoms with E-state index in [4.69, 9.17) is 13.6 Å². The zero-order valence-corrected chi connectivity index (χ0v) is 11.3. The topological polar surface area (TPSA) is 26.0 Å². The number of nitrogens with two attached hydrogens (primary N) is 1. The number of nitrogen functional groups attached to an aromatic ring is 1. The third-order valence-corrected chi connectivity index (χ3v) is 3.09. The Morgan fingerprint density at radius 1 is 0.680 bits per heavy atom. The molecule has 140 valence electrons. The van der Waals surface area contributed by atoms with E-state index >= 15 is 0 Å². The monoisotopic (exact) mass is 389 g/mol. The predicted molar refractivity (Wildman–Crippen MR) is 61.1 cm³/mol. The first-order chi connectivity index (χ1) is 10.8. The maximum absolute atomic E-state index is 13.8. The van der Waals surface area contributed by atoms with E-state index in [1.54, 1.807) is 0 Å². The Labute approximate surface area is 132 Å². The molecular weight excluding hydrogens is 385 g/mol. The molecule has 0 heterocycles. The van der Waals surface area contributed by atoms with Gasteiger partial charge in [0.15, 0.2) is 0 Å². The van der Waals surface area contributed by atoms with Crippen molar-refractivity contribution >= 4 is 19.0 Å². The van der Waals surface area contributed by atoms with Gasteiger partial charge in [0.1, 0.15) is 7.85 Å². The Bertz CT molecular complexity index is 643. The van der Waals surface area contributed by atoms with Gasteiger partial charge >= 0.3 is 30.1 Å². The smallest absolute Gasteiger partial charge is 0.399 e. The van der Waals surface area contributed by atoms with Crippen molar-refractivity contribution in [3.05, 3.63) is 23.3 Å². The Morgan fingerprint density at radius 3 is 1.40 bits per heavy atom. The first-order valence-electron chi connectivity index (χ1n) is 5.75. The summed E-state index contributed by atoms with van der Waals surface area (Å²) in [7, 11) is 4.82. The zero-order valence-electron chi connectivity index (χ0n) is 11.3. The van der Waals surface area contributed by atoms with Crippen LogP contribution in [0.15, 0.2) is 12.1 Å². The highest BCUT2D eigenvalue weighted by Crippen LogP contribution is 2.54. The van der Waals surface area contributed by atoms with Crippen LogP contribution in [0.1, 0.15) is 11.1 Å². The van der Waals surface area contributed by atoms with Gasteiger partial charge in [-0.2, -0.15) is 48.3 Å². The van der Waals surface area contributed by atoms with Crippen LogP contribution in [-0.2, 0) is 11.6 Å². The molecule has 0 amide bonds. The number of rotatable bonds is 2. The van der Waals surface area contributed by atoms with Crippen molar-refractivity contribution in [1.29, 1.82) is 0 Å². The molecule has 0 aliphatic rings. The molecule has 0 aliphatic carbocycles. The van der Waals surface area contributed by atoms with Crippen LogP contribution in [-0.4, -0.2) is 26.4 Å². The summed E-state index contributed by atoms with van der Waals surface area (Å²) in [5.41, 5.74) is -9.76. The van der Waals surface area contributed by atoms with E-state index in [0.717, 1.165) is 0 Å². The van der Waals surface area contributed by atoms with Crippen molar-refractivity contribution in [3.63, 3.8) is 0 Å². The first-order valence-corrected chi connectivity index (χ1v) is 5.75. The van der Waals surface area contributed by atoms with Crippen molar-refractivity contribution in [2.75, 3.05) is 5.73 Å². The number of benzene rings is 1. The largest absolute Gasteiger partial charge is 0.458 e. The number of hydrogen-bond acceptors (Lipinski definition) is 1. The average Bonchev–Trinajstić information content (AvgIpc) is 2.36. The molecule has 0 atom stereocenters. The summed E-state index contributed by atoms with van der Waals surface area (Å²) < 4.78 is 153. The Morgan fingerprint density at radius 2 is 1.08 bits per heavy atom. The van der Waals surface area contributed by atoms with Gasteiger partial charge in [-0.05, 0) is 6.07 Å². The van der Waals surface area contributed by atoms with Gasteiger partial charge in [-0.15, -0.1) is 0 Å². The van der Waals surface area contributed by atoms with Crippen molar-refractivity contribution < 1.29 is 52.7 Å². The maximum Gasteiger partial charge on any atom is 0.458 e. The molecule has 2 N–H and O–H groups in total. The van der Waals surface area contributed by atoms with Gasteiger partial charge in [0.05, 0.1) is 5.56 Å². The fourth-order valence-corrected chi connectivity index (χ4v) is 1.78. The molecule has 0 saturated carbocycles. The fraction of sp³-hybridized carbons (Fsp3) is 0.455. The summed E-state index contributed by atoms with van der Waals surface area (Å²) in [6, 6.07) is -1.37. The van der Waals surface area contributed by atoms with E-state index in [9.17, 15) is 52.7 Å². The average molecular weight is 389 g/mol. The molecule has 1 nitrogen and oxygen atoms in total. The molecule has 1 aromatic carbocycles. The van der Waals surface area contributed by atoms with E-state index < -0.39 is 64.5 Å². The van der Waals surface area contributed by atoms with Gasteiger partial charge in [0.25, 0.3) is 0 Å². The Hall–Kier alpha value is -1.76. The van der Waals surface area contributed by atoms with Crippen molar-refractivity contribution in [2.45, 2.75) is 30.1 Å². The molecule has 0 aliphatic heterocycles. The summed E-state index contributed by atoms with van der Waals surface area (Å²) in [5.74, 6) is -5.99. The lowest BCUT2D eigenvalue weighted by atomic mass is 9.82. The highest BCUT2D eigenvalue weighted by molar-refractivity contribution is 6.36. The lowest BCUT2D eigenvalue weighted by Gasteiger charge is -2.32. The lowest BCUT2D eigenvalue weighted by molar-refractivity contribution is -0.348. The van der Waals surface area contributed by atoms with Gasteiger partial charge in [-0.1, -0.05) is 11.5 Å². The summed E-state index contributed by atoms with van der Waals surface area (Å²) in [6.45, 7) is 0. The summed E-state index contributed by atoms with van der Waals surface area (Å²) in [5, 5.41) is 0. The summed E-state index contributed by atoms with van der Waals surface area (Å²) in [6.07, 6.45) is -19.9. The highest BCUT2D eigenvalue weighted by atomic mass is 19.4. The predicted octanol–water partition coefficient (Wildman–Crippen LogP) is 4.01. The minimum Gasteiger partial charge on any atom is -0.399 e. The second-order valence-electron chi connectivity index (χ2n) is 4.75. The van der Waals surface area contributed by atoms with Crippen molar-refractivity contribution in [3.8, 4) is 0 Å². The van der Waals surface area contributed by atoms with Crippen molar-refractivity contribution in [2.24, 2.45) is 0 Å². The highest BCUT2D eigenvalue weighted by Gasteiger charge is 2.74. The van der Waals surface area contributed by atoms with Gasteiger partial charge in [-0.3, -0.25) is 0 Å². The normalized spacial score (nSPS) is 14.7. The minimum atomic E-state index is -6.74. The molecule has 0 bridgehead atoms. The van der Waals surface area contributed by atoms with Crippen LogP contribution in [0, 0.1) is 0 Å². The molecular formula is C11H4BF12N. The SMILES string of the molecule is [B]c1cc(C(F)(C(F)(F)F)C(F)(F)F)cc(C(F)(F)C(F)(F)F)c1N. The molecule has 2 radical (unpaired) electrons. The van der Waals surface area contributed by atoms with E-state index in [1.165, 1.54) is 0 Å². The zero-order chi connectivity index (χ0) is 20.2. The molecule has 0 aromatic heterocycles. The fourth-order valence-electron chi connectivity index (χ4n) is 1.78. The number of halogens is 12. The number of alkyl halides is 12. The van der Waals surface area contributed by atoms with E-state index in [0.29, 0.717) is 0 Å². The van der Waals surface area contributed by atoms with Crippen LogP contribution >= 0.6 is 0 Å². The molecule has 0 fully saturated rings. The number of hydrogen-bond donors (Lipinski definition) is 1. The van der Waals surface area contributed by atoms with Crippen LogP contribution in [0.25, 0.3) is 0 Å². The molecule has 25 heavy (non-hydrogen) atoms. The number of anilines is 1. The van der Waals surface area contributed by atoms with Crippen LogP contribution in [0.3, 0.4) is 0 Å². The molecule has 14 heteroatoms. The summed E-state index contributed by atoms with van der Waals surface area (Å²) in [4.78, 5) is 0. The van der Waals surface area contributed by atoms with Crippen LogP contribution < -0.4 is 11.2 Å². The quantitative estimate of drug-likeness (QED) is 0.462. The molecule has 1 aromatic rings. The first kappa shape index (κ1) is 21.3. The third kappa shape index (κ3) is 3.22. The Kier molecular flexibility index (Phi) is 4.79.